The number of hydrogen-bond donors (Lipinski definition) is 0. The molecule has 1 aromatic heterocycles. The predicted molar refractivity (Wildman–Crippen MR) is 99.3 cm³/mol. The van der Waals surface area contributed by atoms with Gasteiger partial charge in [0.2, 0.25) is 0 Å². The smallest absolute Gasteiger partial charge is 0.274 e. The maximum absolute atomic E-state index is 13.3. The summed E-state index contributed by atoms with van der Waals surface area (Å²) in [5.74, 6) is 0.0968. The van der Waals surface area contributed by atoms with Crippen LogP contribution in [-0.2, 0) is 0 Å². The molecule has 0 aliphatic heterocycles. The molecule has 4 nitrogen and oxygen atoms in total. The summed E-state index contributed by atoms with van der Waals surface area (Å²) in [4.78, 5) is 15.4. The van der Waals surface area contributed by atoms with Crippen molar-refractivity contribution in [2.24, 2.45) is 0 Å². The van der Waals surface area contributed by atoms with E-state index in [2.05, 4.69) is 10.00 Å². The van der Waals surface area contributed by atoms with Gasteiger partial charge in [-0.2, -0.15) is 5.10 Å². The number of nitrogens with zero attached hydrogens (tertiary/aromatic N) is 3. The zero-order valence-corrected chi connectivity index (χ0v) is 15.2. The normalized spacial score (nSPS) is 18.8. The molecule has 0 N–H and O–H groups in total. The minimum Gasteiger partial charge on any atom is -0.331 e. The second kappa shape index (κ2) is 7.20. The highest BCUT2D eigenvalue weighted by Gasteiger charge is 2.35. The summed E-state index contributed by atoms with van der Waals surface area (Å²) >= 11 is 6.07. The maximum atomic E-state index is 13.3. The Hall–Kier alpha value is -1.81. The van der Waals surface area contributed by atoms with Crippen LogP contribution in [0.15, 0.2) is 36.5 Å². The van der Waals surface area contributed by atoms with Crippen LogP contribution >= 0.6 is 11.6 Å². The predicted octanol–water partition coefficient (Wildman–Crippen LogP) is 4.85. The molecule has 132 valence electrons. The number of rotatable bonds is 4. The van der Waals surface area contributed by atoms with Gasteiger partial charge in [-0.3, -0.25) is 4.79 Å². The number of carbonyl (C=O) groups is 1. The lowest BCUT2D eigenvalue weighted by atomic mass is 10.1. The second-order valence-electron chi connectivity index (χ2n) is 7.21. The number of hydrogen-bond acceptors (Lipinski definition) is 2. The van der Waals surface area contributed by atoms with Gasteiger partial charge in [0.15, 0.2) is 5.69 Å². The van der Waals surface area contributed by atoms with E-state index in [1.807, 2.05) is 36.5 Å². The van der Waals surface area contributed by atoms with Crippen molar-refractivity contribution in [2.75, 3.05) is 0 Å². The first-order valence-electron chi connectivity index (χ1n) is 9.36. The SMILES string of the molecule is O=C(c1ccn(-c2cccc(Cl)c2)n1)N(C1CCCC1)C1CCCC1. The Labute approximate surface area is 153 Å². The highest BCUT2D eigenvalue weighted by atomic mass is 35.5. The first kappa shape index (κ1) is 16.6. The molecule has 0 saturated heterocycles. The van der Waals surface area contributed by atoms with E-state index in [1.54, 1.807) is 4.68 Å². The lowest BCUT2D eigenvalue weighted by Gasteiger charge is -2.34. The van der Waals surface area contributed by atoms with Gasteiger partial charge in [-0.25, -0.2) is 4.68 Å². The molecular formula is C20H24ClN3O. The Bertz CT molecular complexity index is 729. The van der Waals surface area contributed by atoms with Crippen LogP contribution in [0.4, 0.5) is 0 Å². The van der Waals surface area contributed by atoms with E-state index in [1.165, 1.54) is 25.7 Å². The molecule has 2 aliphatic carbocycles. The number of aromatic nitrogens is 2. The molecule has 1 heterocycles. The molecule has 1 amide bonds. The van der Waals surface area contributed by atoms with E-state index < -0.39 is 0 Å². The van der Waals surface area contributed by atoms with Crippen molar-refractivity contribution in [1.82, 2.24) is 14.7 Å². The summed E-state index contributed by atoms with van der Waals surface area (Å²) in [5, 5.41) is 5.22. The zero-order chi connectivity index (χ0) is 17.2. The Morgan fingerprint density at radius 1 is 1.04 bits per heavy atom. The molecule has 4 rings (SSSR count). The minimum atomic E-state index is 0.0968. The molecule has 0 bridgehead atoms. The number of carbonyl (C=O) groups excluding carboxylic acids is 1. The zero-order valence-electron chi connectivity index (χ0n) is 14.4. The quantitative estimate of drug-likeness (QED) is 0.784. The summed E-state index contributed by atoms with van der Waals surface area (Å²) in [7, 11) is 0. The Kier molecular flexibility index (Phi) is 4.80. The summed E-state index contributed by atoms with van der Waals surface area (Å²) in [6, 6.07) is 10.2. The van der Waals surface area contributed by atoms with Gasteiger partial charge in [0.05, 0.1) is 5.69 Å². The van der Waals surface area contributed by atoms with Crippen molar-refractivity contribution in [3.8, 4) is 5.69 Å². The lowest BCUT2D eigenvalue weighted by molar-refractivity contribution is 0.0574. The first-order valence-corrected chi connectivity index (χ1v) is 9.74. The van der Waals surface area contributed by atoms with Gasteiger partial charge in [0.25, 0.3) is 5.91 Å². The molecule has 2 aromatic rings. The maximum Gasteiger partial charge on any atom is 0.274 e. The molecule has 2 saturated carbocycles. The van der Waals surface area contributed by atoms with Crippen LogP contribution < -0.4 is 0 Å². The number of halogens is 1. The fraction of sp³-hybridized carbons (Fsp3) is 0.500. The largest absolute Gasteiger partial charge is 0.331 e. The van der Waals surface area contributed by atoms with Crippen LogP contribution in [0.1, 0.15) is 61.9 Å². The van der Waals surface area contributed by atoms with Gasteiger partial charge < -0.3 is 4.90 Å². The summed E-state index contributed by atoms with van der Waals surface area (Å²) < 4.78 is 1.74. The average molecular weight is 358 g/mol. The third-order valence-electron chi connectivity index (χ3n) is 5.55. The Morgan fingerprint density at radius 2 is 1.68 bits per heavy atom. The van der Waals surface area contributed by atoms with E-state index >= 15 is 0 Å². The van der Waals surface area contributed by atoms with Crippen molar-refractivity contribution in [2.45, 2.75) is 63.5 Å². The highest BCUT2D eigenvalue weighted by molar-refractivity contribution is 6.30. The molecule has 0 unspecified atom stereocenters. The van der Waals surface area contributed by atoms with E-state index in [4.69, 9.17) is 11.6 Å². The standard InChI is InChI=1S/C20H24ClN3O/c21-15-6-5-11-18(14-15)23-13-12-19(22-23)20(25)24(16-7-1-2-8-16)17-9-3-4-10-17/h5-6,11-14,16-17H,1-4,7-10H2. The minimum absolute atomic E-state index is 0.0968. The topological polar surface area (TPSA) is 38.1 Å². The van der Waals surface area contributed by atoms with Crippen LogP contribution in [0.25, 0.3) is 5.69 Å². The molecule has 0 radical (unpaired) electrons. The first-order chi connectivity index (χ1) is 12.2. The fourth-order valence-corrected chi connectivity index (χ4v) is 4.51. The molecule has 0 atom stereocenters. The molecule has 2 aliphatic rings. The Balaban J connectivity index is 1.59. The van der Waals surface area contributed by atoms with Crippen LogP contribution in [0, 0.1) is 0 Å². The monoisotopic (exact) mass is 357 g/mol. The van der Waals surface area contributed by atoms with Crippen LogP contribution in [-0.4, -0.2) is 32.7 Å². The Morgan fingerprint density at radius 3 is 2.28 bits per heavy atom. The van der Waals surface area contributed by atoms with Crippen LogP contribution in [0.5, 0.6) is 0 Å². The molecule has 0 spiro atoms. The number of benzene rings is 1. The van der Waals surface area contributed by atoms with Gasteiger partial charge in [-0.05, 0) is 49.9 Å². The molecular weight excluding hydrogens is 334 g/mol. The van der Waals surface area contributed by atoms with Crippen molar-refractivity contribution in [3.63, 3.8) is 0 Å². The number of amides is 1. The fourth-order valence-electron chi connectivity index (χ4n) is 4.33. The van der Waals surface area contributed by atoms with Crippen molar-refractivity contribution >= 4 is 17.5 Å². The van der Waals surface area contributed by atoms with Crippen LogP contribution in [0.3, 0.4) is 0 Å². The van der Waals surface area contributed by atoms with Crippen molar-refractivity contribution in [1.29, 1.82) is 0 Å². The summed E-state index contributed by atoms with van der Waals surface area (Å²) in [5.41, 5.74) is 1.42. The van der Waals surface area contributed by atoms with Crippen LogP contribution in [0.2, 0.25) is 5.02 Å². The molecule has 25 heavy (non-hydrogen) atoms. The molecule has 5 heteroatoms. The average Bonchev–Trinajstić information content (AvgIpc) is 3.38. The van der Waals surface area contributed by atoms with Gasteiger partial charge in [-0.15, -0.1) is 0 Å². The lowest BCUT2D eigenvalue weighted by Crippen LogP contribution is -2.45. The molecule has 2 fully saturated rings. The van der Waals surface area contributed by atoms with Gasteiger partial charge in [-0.1, -0.05) is 43.4 Å². The van der Waals surface area contributed by atoms with E-state index in [0.29, 0.717) is 22.8 Å². The van der Waals surface area contributed by atoms with Gasteiger partial charge in [0, 0.05) is 23.3 Å². The van der Waals surface area contributed by atoms with E-state index in [9.17, 15) is 4.79 Å². The third kappa shape index (κ3) is 3.45. The highest BCUT2D eigenvalue weighted by Crippen LogP contribution is 2.32. The molecule has 1 aromatic carbocycles. The third-order valence-corrected chi connectivity index (χ3v) is 5.79. The second-order valence-corrected chi connectivity index (χ2v) is 7.65. The van der Waals surface area contributed by atoms with E-state index in [-0.39, 0.29) is 5.91 Å². The van der Waals surface area contributed by atoms with Crippen molar-refractivity contribution < 1.29 is 4.79 Å². The van der Waals surface area contributed by atoms with Crippen molar-refractivity contribution in [3.05, 3.63) is 47.2 Å². The summed E-state index contributed by atoms with van der Waals surface area (Å²) in [6.07, 6.45) is 11.3. The van der Waals surface area contributed by atoms with Gasteiger partial charge in [0.1, 0.15) is 0 Å². The summed E-state index contributed by atoms with van der Waals surface area (Å²) in [6.45, 7) is 0. The van der Waals surface area contributed by atoms with Gasteiger partial charge >= 0.3 is 0 Å². The van der Waals surface area contributed by atoms with E-state index in [0.717, 1.165) is 31.4 Å².